The van der Waals surface area contributed by atoms with Crippen LogP contribution in [0.25, 0.3) is 11.0 Å². The highest BCUT2D eigenvalue weighted by Gasteiger charge is 2.33. The van der Waals surface area contributed by atoms with Gasteiger partial charge in [0.25, 0.3) is 0 Å². The summed E-state index contributed by atoms with van der Waals surface area (Å²) < 4.78 is 2.21. The molecular formula is C15H21N3O. The van der Waals surface area contributed by atoms with Crippen molar-refractivity contribution in [3.63, 3.8) is 0 Å². The Morgan fingerprint density at radius 3 is 2.89 bits per heavy atom. The minimum absolute atomic E-state index is 0.0223. The summed E-state index contributed by atoms with van der Waals surface area (Å²) in [7, 11) is 0. The number of imidazole rings is 1. The number of anilines is 1. The molecule has 0 amide bonds. The number of hydrogen-bond acceptors (Lipinski definition) is 3. The molecule has 1 unspecified atom stereocenters. The molecule has 102 valence electrons. The molecule has 4 heteroatoms. The zero-order chi connectivity index (χ0) is 13.6. The monoisotopic (exact) mass is 259 g/mol. The van der Waals surface area contributed by atoms with E-state index in [0.29, 0.717) is 17.1 Å². The van der Waals surface area contributed by atoms with Crippen molar-refractivity contribution >= 4 is 16.7 Å². The average molecular weight is 259 g/mol. The number of fused-ring (bicyclic) bond motifs is 1. The van der Waals surface area contributed by atoms with Crippen molar-refractivity contribution in [3.05, 3.63) is 24.0 Å². The van der Waals surface area contributed by atoms with E-state index >= 15 is 0 Å². The predicted octanol–water partition coefficient (Wildman–Crippen LogP) is 2.86. The summed E-state index contributed by atoms with van der Waals surface area (Å²) in [5, 5.41) is 9.56. The van der Waals surface area contributed by atoms with Crippen molar-refractivity contribution < 1.29 is 5.11 Å². The van der Waals surface area contributed by atoms with Gasteiger partial charge in [0, 0.05) is 11.7 Å². The molecule has 0 bridgehead atoms. The second-order valence-corrected chi connectivity index (χ2v) is 6.37. The molecule has 2 aromatic rings. The molecule has 0 spiro atoms. The van der Waals surface area contributed by atoms with Crippen molar-refractivity contribution in [2.24, 2.45) is 5.41 Å². The molecule has 0 radical (unpaired) electrons. The van der Waals surface area contributed by atoms with E-state index in [0.717, 1.165) is 29.7 Å². The van der Waals surface area contributed by atoms with Crippen LogP contribution in [-0.4, -0.2) is 14.7 Å². The van der Waals surface area contributed by atoms with E-state index in [4.69, 9.17) is 5.73 Å². The second-order valence-electron chi connectivity index (χ2n) is 6.37. The lowest BCUT2D eigenvalue weighted by Gasteiger charge is -2.19. The van der Waals surface area contributed by atoms with Gasteiger partial charge in [0.1, 0.15) is 12.4 Å². The fourth-order valence-corrected chi connectivity index (χ4v) is 3.30. The fourth-order valence-electron chi connectivity index (χ4n) is 3.30. The van der Waals surface area contributed by atoms with Crippen LogP contribution in [-0.2, 0) is 6.61 Å². The molecule has 1 aromatic carbocycles. The molecule has 19 heavy (non-hydrogen) atoms. The Bertz CT molecular complexity index is 615. The van der Waals surface area contributed by atoms with Crippen LogP contribution in [0.2, 0.25) is 0 Å². The van der Waals surface area contributed by atoms with E-state index in [1.54, 1.807) is 0 Å². The lowest BCUT2D eigenvalue weighted by atomic mass is 9.92. The van der Waals surface area contributed by atoms with Crippen LogP contribution in [0.15, 0.2) is 18.2 Å². The smallest absolute Gasteiger partial charge is 0.135 e. The molecule has 1 aromatic heterocycles. The Kier molecular flexibility index (Phi) is 2.78. The van der Waals surface area contributed by atoms with Crippen LogP contribution in [0.1, 0.15) is 45.0 Å². The summed E-state index contributed by atoms with van der Waals surface area (Å²) in [5.74, 6) is 0.753. The van der Waals surface area contributed by atoms with Gasteiger partial charge in [-0.15, -0.1) is 0 Å². The number of aromatic nitrogens is 2. The van der Waals surface area contributed by atoms with E-state index in [1.807, 2.05) is 18.2 Å². The minimum atomic E-state index is -0.0223. The van der Waals surface area contributed by atoms with E-state index < -0.39 is 0 Å². The summed E-state index contributed by atoms with van der Waals surface area (Å²) in [4.78, 5) is 4.52. The number of nitrogens with zero attached hydrogens (tertiary/aromatic N) is 2. The largest absolute Gasteiger partial charge is 0.399 e. The third-order valence-electron chi connectivity index (χ3n) is 4.24. The summed E-state index contributed by atoms with van der Waals surface area (Å²) in [5.41, 5.74) is 8.87. The Hall–Kier alpha value is -1.55. The van der Waals surface area contributed by atoms with E-state index in [-0.39, 0.29) is 6.61 Å². The number of rotatable bonds is 2. The zero-order valence-electron chi connectivity index (χ0n) is 11.6. The normalized spacial score (nSPS) is 22.2. The molecule has 1 aliphatic carbocycles. The van der Waals surface area contributed by atoms with Crippen LogP contribution < -0.4 is 5.73 Å². The molecule has 3 N–H and O–H groups in total. The van der Waals surface area contributed by atoms with Crippen molar-refractivity contribution in [2.75, 3.05) is 5.73 Å². The summed E-state index contributed by atoms with van der Waals surface area (Å²) in [6.07, 6.45) is 3.50. The highest BCUT2D eigenvalue weighted by Crippen LogP contribution is 2.45. The van der Waals surface area contributed by atoms with Crippen LogP contribution in [0, 0.1) is 5.41 Å². The number of aliphatic hydroxyl groups excluding tert-OH is 1. The lowest BCUT2D eigenvalue weighted by Crippen LogP contribution is -2.12. The van der Waals surface area contributed by atoms with Crippen LogP contribution in [0.5, 0.6) is 0 Å². The van der Waals surface area contributed by atoms with Gasteiger partial charge in [-0.05, 0) is 42.9 Å². The van der Waals surface area contributed by atoms with Gasteiger partial charge in [0.2, 0.25) is 0 Å². The number of nitrogens with two attached hydrogens (primary N) is 1. The van der Waals surface area contributed by atoms with Gasteiger partial charge in [0.15, 0.2) is 0 Å². The van der Waals surface area contributed by atoms with Gasteiger partial charge in [-0.1, -0.05) is 13.8 Å². The summed E-state index contributed by atoms with van der Waals surface area (Å²) in [6.45, 7) is 4.59. The minimum Gasteiger partial charge on any atom is -0.399 e. The van der Waals surface area contributed by atoms with Crippen LogP contribution in [0.3, 0.4) is 0 Å². The molecule has 1 atom stereocenters. The average Bonchev–Trinajstić information content (AvgIpc) is 2.88. The molecule has 0 saturated heterocycles. The zero-order valence-corrected chi connectivity index (χ0v) is 11.6. The van der Waals surface area contributed by atoms with Gasteiger partial charge in [-0.3, -0.25) is 0 Å². The molecule has 1 aliphatic rings. The SMILES string of the molecule is CC1(C)CCC(n2c(CO)nc3cc(N)ccc32)C1. The fraction of sp³-hybridized carbons (Fsp3) is 0.533. The maximum Gasteiger partial charge on any atom is 0.135 e. The van der Waals surface area contributed by atoms with E-state index in [9.17, 15) is 5.11 Å². The van der Waals surface area contributed by atoms with Crippen LogP contribution in [0.4, 0.5) is 5.69 Å². The van der Waals surface area contributed by atoms with Gasteiger partial charge < -0.3 is 15.4 Å². The number of benzene rings is 1. The highest BCUT2D eigenvalue weighted by molar-refractivity contribution is 5.79. The van der Waals surface area contributed by atoms with Crippen molar-refractivity contribution in [3.8, 4) is 0 Å². The molecule has 1 heterocycles. The standard InChI is InChI=1S/C15H21N3O/c1-15(2)6-5-11(8-15)18-13-4-3-10(16)7-12(13)17-14(18)9-19/h3-4,7,11,19H,5-6,8-9,16H2,1-2H3. The molecule has 0 aliphatic heterocycles. The Balaban J connectivity index is 2.11. The molecular weight excluding hydrogens is 238 g/mol. The number of nitrogen functional groups attached to an aromatic ring is 1. The first-order valence-electron chi connectivity index (χ1n) is 6.87. The van der Waals surface area contributed by atoms with Gasteiger partial charge >= 0.3 is 0 Å². The first-order valence-corrected chi connectivity index (χ1v) is 6.87. The Morgan fingerprint density at radius 1 is 1.47 bits per heavy atom. The van der Waals surface area contributed by atoms with Crippen LogP contribution >= 0.6 is 0 Å². The maximum atomic E-state index is 9.56. The summed E-state index contributed by atoms with van der Waals surface area (Å²) in [6, 6.07) is 6.24. The quantitative estimate of drug-likeness (QED) is 0.815. The van der Waals surface area contributed by atoms with Crippen molar-refractivity contribution in [2.45, 2.75) is 45.8 Å². The predicted molar refractivity (Wildman–Crippen MR) is 76.7 cm³/mol. The van der Waals surface area contributed by atoms with E-state index in [1.165, 1.54) is 6.42 Å². The maximum absolute atomic E-state index is 9.56. The third-order valence-corrected chi connectivity index (χ3v) is 4.24. The van der Waals surface area contributed by atoms with Gasteiger partial charge in [-0.25, -0.2) is 4.98 Å². The topological polar surface area (TPSA) is 64.1 Å². The molecule has 1 saturated carbocycles. The van der Waals surface area contributed by atoms with Crippen molar-refractivity contribution in [1.29, 1.82) is 0 Å². The third kappa shape index (κ3) is 2.10. The first kappa shape index (κ1) is 12.5. The molecule has 3 rings (SSSR count). The van der Waals surface area contributed by atoms with Gasteiger partial charge in [-0.2, -0.15) is 0 Å². The Morgan fingerprint density at radius 2 is 2.26 bits per heavy atom. The van der Waals surface area contributed by atoms with E-state index in [2.05, 4.69) is 23.4 Å². The molecule has 4 nitrogen and oxygen atoms in total. The second kappa shape index (κ2) is 4.23. The Labute approximate surface area is 113 Å². The first-order chi connectivity index (χ1) is 9.00. The molecule has 1 fully saturated rings. The number of aliphatic hydroxyl groups is 1. The summed E-state index contributed by atoms with van der Waals surface area (Å²) >= 11 is 0. The van der Waals surface area contributed by atoms with Gasteiger partial charge in [0.05, 0.1) is 11.0 Å². The highest BCUT2D eigenvalue weighted by atomic mass is 16.3. The van der Waals surface area contributed by atoms with Crippen molar-refractivity contribution in [1.82, 2.24) is 9.55 Å². The number of hydrogen-bond donors (Lipinski definition) is 2. The lowest BCUT2D eigenvalue weighted by molar-refractivity contribution is 0.259.